The highest BCUT2D eigenvalue weighted by Crippen LogP contribution is 2.34. The molecule has 0 aliphatic heterocycles. The van der Waals surface area contributed by atoms with E-state index in [9.17, 15) is 4.79 Å². The SMILES string of the molecule is C=C(C)C=CC(=C)C(C)(C)C(=C)C=CC(=C)OC(=O)OC. The summed E-state index contributed by atoms with van der Waals surface area (Å²) in [6.45, 7) is 21.4. The van der Waals surface area contributed by atoms with Gasteiger partial charge < -0.3 is 9.47 Å². The van der Waals surface area contributed by atoms with Crippen LogP contribution in [-0.4, -0.2) is 13.3 Å². The van der Waals surface area contributed by atoms with E-state index in [4.69, 9.17) is 4.74 Å². The maximum atomic E-state index is 10.9. The van der Waals surface area contributed by atoms with Gasteiger partial charge in [0.25, 0.3) is 0 Å². The van der Waals surface area contributed by atoms with Gasteiger partial charge in [0.05, 0.1) is 7.11 Å². The molecule has 0 heterocycles. The Balaban J connectivity index is 4.83. The molecule has 0 rings (SSSR count). The molecule has 3 heteroatoms. The highest BCUT2D eigenvalue weighted by atomic mass is 16.7. The molecular formula is C18H24O3. The second kappa shape index (κ2) is 8.10. The molecule has 0 radical (unpaired) electrons. The average Bonchev–Trinajstić information content (AvgIpc) is 2.41. The van der Waals surface area contributed by atoms with Crippen LogP contribution in [0.4, 0.5) is 4.79 Å². The molecule has 3 nitrogen and oxygen atoms in total. The van der Waals surface area contributed by atoms with Gasteiger partial charge in [-0.15, -0.1) is 0 Å². The predicted molar refractivity (Wildman–Crippen MR) is 87.8 cm³/mol. The fourth-order valence-electron chi connectivity index (χ4n) is 1.24. The summed E-state index contributed by atoms with van der Waals surface area (Å²) in [5.74, 6) is 0.182. The summed E-state index contributed by atoms with van der Waals surface area (Å²) in [6.07, 6.45) is 6.33. The van der Waals surface area contributed by atoms with Crippen molar-refractivity contribution in [2.45, 2.75) is 20.8 Å². The van der Waals surface area contributed by atoms with Crippen molar-refractivity contribution in [2.24, 2.45) is 5.41 Å². The van der Waals surface area contributed by atoms with Crippen molar-refractivity contribution in [3.63, 3.8) is 0 Å². The summed E-state index contributed by atoms with van der Waals surface area (Å²) in [6, 6.07) is 0. The van der Waals surface area contributed by atoms with E-state index in [-0.39, 0.29) is 11.2 Å². The van der Waals surface area contributed by atoms with E-state index in [0.717, 1.165) is 16.7 Å². The van der Waals surface area contributed by atoms with E-state index in [1.54, 1.807) is 12.2 Å². The van der Waals surface area contributed by atoms with Crippen LogP contribution < -0.4 is 0 Å². The topological polar surface area (TPSA) is 35.5 Å². The van der Waals surface area contributed by atoms with Gasteiger partial charge in [0.1, 0.15) is 5.76 Å². The molecule has 0 fully saturated rings. The fraction of sp³-hybridized carbons (Fsp3) is 0.278. The van der Waals surface area contributed by atoms with Crippen molar-refractivity contribution in [3.05, 3.63) is 73.1 Å². The van der Waals surface area contributed by atoms with Crippen molar-refractivity contribution < 1.29 is 14.3 Å². The third kappa shape index (κ3) is 6.61. The van der Waals surface area contributed by atoms with Gasteiger partial charge in [0.15, 0.2) is 0 Å². The van der Waals surface area contributed by atoms with Crippen molar-refractivity contribution in [3.8, 4) is 0 Å². The van der Waals surface area contributed by atoms with E-state index in [1.165, 1.54) is 7.11 Å². The Hall–Kier alpha value is -2.29. The van der Waals surface area contributed by atoms with E-state index >= 15 is 0 Å². The van der Waals surface area contributed by atoms with E-state index in [0.29, 0.717) is 0 Å². The second-order valence-electron chi connectivity index (χ2n) is 5.21. The molecule has 0 aliphatic rings. The first-order valence-corrected chi connectivity index (χ1v) is 6.46. The van der Waals surface area contributed by atoms with Crippen LogP contribution in [0.3, 0.4) is 0 Å². The van der Waals surface area contributed by atoms with Crippen molar-refractivity contribution in [2.75, 3.05) is 7.11 Å². The van der Waals surface area contributed by atoms with Crippen molar-refractivity contribution in [1.29, 1.82) is 0 Å². The quantitative estimate of drug-likeness (QED) is 0.371. The monoisotopic (exact) mass is 288 g/mol. The Labute approximate surface area is 127 Å². The highest BCUT2D eigenvalue weighted by Gasteiger charge is 2.22. The van der Waals surface area contributed by atoms with Crippen LogP contribution in [0.2, 0.25) is 0 Å². The molecule has 0 atom stereocenters. The molecule has 0 aromatic heterocycles. The first kappa shape index (κ1) is 18.7. The first-order valence-electron chi connectivity index (χ1n) is 6.46. The Morgan fingerprint density at radius 2 is 1.43 bits per heavy atom. The van der Waals surface area contributed by atoms with Crippen LogP contribution >= 0.6 is 0 Å². The smallest absolute Gasteiger partial charge is 0.437 e. The number of methoxy groups -OCH3 is 1. The van der Waals surface area contributed by atoms with Crippen LogP contribution in [0.1, 0.15) is 20.8 Å². The standard InChI is InChI=1S/C18H24O3/c1-13(2)9-10-14(3)18(6,7)15(4)11-12-16(5)21-17(19)20-8/h9-12H,1,3-5H2,2,6-8H3. The Morgan fingerprint density at radius 1 is 0.952 bits per heavy atom. The number of ether oxygens (including phenoxy) is 2. The number of hydrogen-bond donors (Lipinski definition) is 0. The maximum absolute atomic E-state index is 10.9. The molecule has 0 spiro atoms. The molecule has 0 saturated heterocycles. The highest BCUT2D eigenvalue weighted by molar-refractivity contribution is 5.61. The second-order valence-corrected chi connectivity index (χ2v) is 5.21. The average molecular weight is 288 g/mol. The first-order chi connectivity index (χ1) is 9.61. The normalized spacial score (nSPS) is 11.4. The maximum Gasteiger partial charge on any atom is 0.513 e. The third-order valence-corrected chi connectivity index (χ3v) is 3.03. The van der Waals surface area contributed by atoms with Crippen LogP contribution in [0.15, 0.2) is 73.1 Å². The molecule has 114 valence electrons. The Bertz CT molecular complexity index is 517. The summed E-state index contributed by atoms with van der Waals surface area (Å²) < 4.78 is 9.15. The summed E-state index contributed by atoms with van der Waals surface area (Å²) in [5, 5.41) is 0. The summed E-state index contributed by atoms with van der Waals surface area (Å²) >= 11 is 0. The zero-order chi connectivity index (χ0) is 16.6. The van der Waals surface area contributed by atoms with Crippen LogP contribution in [0.25, 0.3) is 0 Å². The number of carbonyl (C=O) groups excluding carboxylic acids is 1. The van der Waals surface area contributed by atoms with Gasteiger partial charge >= 0.3 is 6.16 Å². The largest absolute Gasteiger partial charge is 0.513 e. The molecule has 0 aromatic carbocycles. The number of rotatable bonds is 7. The molecule has 0 unspecified atom stereocenters. The fourth-order valence-corrected chi connectivity index (χ4v) is 1.24. The minimum absolute atomic E-state index is 0.182. The lowest BCUT2D eigenvalue weighted by atomic mass is 9.78. The van der Waals surface area contributed by atoms with Gasteiger partial charge in [0.2, 0.25) is 0 Å². The van der Waals surface area contributed by atoms with Gasteiger partial charge in [-0.1, -0.05) is 64.0 Å². The summed E-state index contributed by atoms with van der Waals surface area (Å²) in [5.41, 5.74) is 2.33. The molecule has 0 N–H and O–H groups in total. The molecule has 0 saturated carbocycles. The van der Waals surface area contributed by atoms with Crippen molar-refractivity contribution in [1.82, 2.24) is 0 Å². The lowest BCUT2D eigenvalue weighted by molar-refractivity contribution is 0.100. The molecule has 0 aliphatic carbocycles. The number of hydrogen-bond acceptors (Lipinski definition) is 3. The van der Waals surface area contributed by atoms with Crippen LogP contribution in [0, 0.1) is 5.41 Å². The summed E-state index contributed by atoms with van der Waals surface area (Å²) in [7, 11) is 1.24. The Kier molecular flexibility index (Phi) is 7.22. The van der Waals surface area contributed by atoms with Gasteiger partial charge in [-0.25, -0.2) is 4.79 Å². The van der Waals surface area contributed by atoms with Gasteiger partial charge in [-0.2, -0.15) is 0 Å². The van der Waals surface area contributed by atoms with E-state index in [2.05, 4.69) is 31.1 Å². The van der Waals surface area contributed by atoms with Crippen LogP contribution in [0.5, 0.6) is 0 Å². The minimum Gasteiger partial charge on any atom is -0.437 e. The lowest BCUT2D eigenvalue weighted by Gasteiger charge is -2.26. The molecule has 0 bridgehead atoms. The molecule has 21 heavy (non-hydrogen) atoms. The lowest BCUT2D eigenvalue weighted by Crippen LogP contribution is -2.14. The number of carbonyl (C=O) groups is 1. The van der Waals surface area contributed by atoms with E-state index < -0.39 is 6.16 Å². The van der Waals surface area contributed by atoms with Gasteiger partial charge in [-0.05, 0) is 24.1 Å². The minimum atomic E-state index is -0.802. The molecule has 0 aromatic rings. The third-order valence-electron chi connectivity index (χ3n) is 3.03. The Morgan fingerprint density at radius 3 is 1.86 bits per heavy atom. The molecule has 0 amide bonds. The zero-order valence-electron chi connectivity index (χ0n) is 13.4. The predicted octanol–water partition coefficient (Wildman–Crippen LogP) is 5.11. The van der Waals surface area contributed by atoms with Crippen LogP contribution in [-0.2, 0) is 9.47 Å². The zero-order valence-corrected chi connectivity index (χ0v) is 13.4. The molecular weight excluding hydrogens is 264 g/mol. The van der Waals surface area contributed by atoms with Crippen molar-refractivity contribution >= 4 is 6.16 Å². The van der Waals surface area contributed by atoms with Gasteiger partial charge in [-0.3, -0.25) is 0 Å². The van der Waals surface area contributed by atoms with E-state index in [1.807, 2.05) is 32.9 Å². The van der Waals surface area contributed by atoms with Gasteiger partial charge in [0, 0.05) is 5.41 Å². The number of allylic oxidation sites excluding steroid dienone is 7. The summed E-state index contributed by atoms with van der Waals surface area (Å²) in [4.78, 5) is 10.9.